The smallest absolute Gasteiger partial charge is 0.131 e. The van der Waals surface area contributed by atoms with Crippen molar-refractivity contribution >= 4 is 5.57 Å². The molecule has 1 unspecified atom stereocenters. The third-order valence-electron chi connectivity index (χ3n) is 2.67. The van der Waals surface area contributed by atoms with Gasteiger partial charge >= 0.3 is 0 Å². The fraction of sp³-hybridized carbons (Fsp3) is 0.385. The Bertz CT molecular complexity index is 380. The monoisotopic (exact) mass is 210 g/mol. The topological polar surface area (TPSA) is 0 Å². The van der Waals surface area contributed by atoms with Crippen LogP contribution in [0.25, 0.3) is 5.57 Å². The Labute approximate surface area is 89.6 Å². The molecule has 0 amide bonds. The summed E-state index contributed by atoms with van der Waals surface area (Å²) in [6.07, 6.45) is 0.778. The van der Waals surface area contributed by atoms with Crippen LogP contribution in [0.4, 0.5) is 8.78 Å². The molecule has 0 radical (unpaired) electrons. The molecule has 0 bridgehead atoms. The summed E-state index contributed by atoms with van der Waals surface area (Å²) in [4.78, 5) is 0. The van der Waals surface area contributed by atoms with Crippen LogP contribution in [0.1, 0.15) is 44.2 Å². The van der Waals surface area contributed by atoms with Crippen molar-refractivity contribution in [3.63, 3.8) is 0 Å². The Hall–Kier alpha value is -1.18. The maximum absolute atomic E-state index is 13.6. The Morgan fingerprint density at radius 3 is 2.33 bits per heavy atom. The van der Waals surface area contributed by atoms with Gasteiger partial charge in [0.05, 0.1) is 0 Å². The first-order valence-electron chi connectivity index (χ1n) is 5.12. The minimum absolute atomic E-state index is 0.00685. The van der Waals surface area contributed by atoms with E-state index in [1.165, 1.54) is 6.07 Å². The van der Waals surface area contributed by atoms with E-state index in [-0.39, 0.29) is 17.6 Å². The van der Waals surface area contributed by atoms with E-state index in [1.54, 1.807) is 6.92 Å². The summed E-state index contributed by atoms with van der Waals surface area (Å²) >= 11 is 0. The van der Waals surface area contributed by atoms with E-state index in [9.17, 15) is 8.78 Å². The van der Waals surface area contributed by atoms with Crippen LogP contribution < -0.4 is 0 Å². The van der Waals surface area contributed by atoms with Crippen molar-refractivity contribution in [2.45, 2.75) is 33.1 Å². The Balaban J connectivity index is 3.45. The fourth-order valence-electron chi connectivity index (χ4n) is 1.69. The van der Waals surface area contributed by atoms with Gasteiger partial charge in [-0.05, 0) is 37.0 Å². The zero-order chi connectivity index (χ0) is 11.6. The summed E-state index contributed by atoms with van der Waals surface area (Å²) in [5.41, 5.74) is 1.36. The molecule has 1 rings (SSSR count). The van der Waals surface area contributed by atoms with Gasteiger partial charge in [0, 0.05) is 11.1 Å². The average Bonchev–Trinajstić information content (AvgIpc) is 2.19. The Morgan fingerprint density at radius 1 is 1.33 bits per heavy atom. The molecule has 0 fully saturated rings. The first-order chi connectivity index (χ1) is 6.99. The van der Waals surface area contributed by atoms with Crippen LogP contribution in [0.2, 0.25) is 0 Å². The normalized spacial score (nSPS) is 12.6. The second-order valence-electron chi connectivity index (χ2n) is 3.91. The third-order valence-corrected chi connectivity index (χ3v) is 2.67. The Kier molecular flexibility index (Phi) is 3.61. The van der Waals surface area contributed by atoms with E-state index in [2.05, 4.69) is 6.58 Å². The van der Waals surface area contributed by atoms with E-state index < -0.39 is 0 Å². The van der Waals surface area contributed by atoms with Crippen LogP contribution in [0.15, 0.2) is 18.7 Å². The quantitative estimate of drug-likeness (QED) is 0.688. The lowest BCUT2D eigenvalue weighted by atomic mass is 9.90. The summed E-state index contributed by atoms with van der Waals surface area (Å²) in [5, 5.41) is 0. The van der Waals surface area contributed by atoms with Crippen molar-refractivity contribution in [2.75, 3.05) is 0 Å². The second-order valence-corrected chi connectivity index (χ2v) is 3.91. The zero-order valence-electron chi connectivity index (χ0n) is 9.40. The largest absolute Gasteiger partial charge is 0.207 e. The molecule has 0 aromatic heterocycles. The number of benzene rings is 1. The lowest BCUT2D eigenvalue weighted by Crippen LogP contribution is -2.03. The molecule has 1 aromatic rings. The lowest BCUT2D eigenvalue weighted by molar-refractivity contribution is 0.560. The Morgan fingerprint density at radius 2 is 1.87 bits per heavy atom. The standard InChI is InChI=1S/C13H16F2/c1-5-9(4)13-11(15)7-6-10(14)12(13)8(2)3/h6-7,9H,2,5H2,1,3-4H3. The van der Waals surface area contributed by atoms with Crippen molar-refractivity contribution in [2.24, 2.45) is 0 Å². The highest BCUT2D eigenvalue weighted by molar-refractivity contribution is 5.66. The molecule has 0 heterocycles. The molecular weight excluding hydrogens is 194 g/mol. The van der Waals surface area contributed by atoms with Crippen LogP contribution in [-0.2, 0) is 0 Å². The van der Waals surface area contributed by atoms with Gasteiger partial charge in [0.2, 0.25) is 0 Å². The average molecular weight is 210 g/mol. The maximum atomic E-state index is 13.6. The van der Waals surface area contributed by atoms with Gasteiger partial charge in [-0.15, -0.1) is 0 Å². The summed E-state index contributed by atoms with van der Waals surface area (Å²) < 4.78 is 27.2. The molecule has 82 valence electrons. The molecule has 0 spiro atoms. The van der Waals surface area contributed by atoms with Crippen molar-refractivity contribution in [3.05, 3.63) is 41.5 Å². The van der Waals surface area contributed by atoms with Gasteiger partial charge in [0.25, 0.3) is 0 Å². The summed E-state index contributed by atoms with van der Waals surface area (Å²) in [7, 11) is 0. The molecule has 1 atom stereocenters. The van der Waals surface area contributed by atoms with Crippen molar-refractivity contribution in [1.29, 1.82) is 0 Å². The van der Waals surface area contributed by atoms with Gasteiger partial charge in [-0.1, -0.05) is 20.4 Å². The summed E-state index contributed by atoms with van der Waals surface area (Å²) in [6.45, 7) is 9.24. The van der Waals surface area contributed by atoms with Gasteiger partial charge in [-0.25, -0.2) is 8.78 Å². The maximum Gasteiger partial charge on any atom is 0.131 e. The van der Waals surface area contributed by atoms with E-state index in [0.29, 0.717) is 16.7 Å². The lowest BCUT2D eigenvalue weighted by Gasteiger charge is -2.16. The summed E-state index contributed by atoms with van der Waals surface area (Å²) in [5.74, 6) is -0.727. The zero-order valence-corrected chi connectivity index (χ0v) is 9.40. The van der Waals surface area contributed by atoms with Gasteiger partial charge in [-0.2, -0.15) is 0 Å². The van der Waals surface area contributed by atoms with E-state index in [0.717, 1.165) is 12.5 Å². The van der Waals surface area contributed by atoms with Gasteiger partial charge in [0.1, 0.15) is 11.6 Å². The van der Waals surface area contributed by atoms with Crippen molar-refractivity contribution in [1.82, 2.24) is 0 Å². The highest BCUT2D eigenvalue weighted by atomic mass is 19.1. The molecule has 0 N–H and O–H groups in total. The fourth-order valence-corrected chi connectivity index (χ4v) is 1.69. The van der Waals surface area contributed by atoms with E-state index in [4.69, 9.17) is 0 Å². The molecule has 0 aliphatic carbocycles. The van der Waals surface area contributed by atoms with Crippen molar-refractivity contribution in [3.8, 4) is 0 Å². The second kappa shape index (κ2) is 4.56. The van der Waals surface area contributed by atoms with E-state index in [1.807, 2.05) is 13.8 Å². The van der Waals surface area contributed by atoms with Crippen LogP contribution in [0, 0.1) is 11.6 Å². The molecule has 2 heteroatoms. The number of hydrogen-bond donors (Lipinski definition) is 0. The molecule has 15 heavy (non-hydrogen) atoms. The molecule has 0 saturated carbocycles. The first kappa shape index (κ1) is 11.9. The predicted octanol–water partition coefficient (Wildman–Crippen LogP) is 4.51. The SMILES string of the molecule is C=C(C)c1c(F)ccc(F)c1C(C)CC. The van der Waals surface area contributed by atoms with Crippen LogP contribution in [0.3, 0.4) is 0 Å². The van der Waals surface area contributed by atoms with E-state index >= 15 is 0 Å². The number of rotatable bonds is 3. The highest BCUT2D eigenvalue weighted by Gasteiger charge is 2.18. The van der Waals surface area contributed by atoms with Crippen LogP contribution in [0.5, 0.6) is 0 Å². The van der Waals surface area contributed by atoms with Crippen molar-refractivity contribution < 1.29 is 8.78 Å². The summed E-state index contributed by atoms with van der Waals surface area (Å²) in [6, 6.07) is 2.34. The molecule has 1 aromatic carbocycles. The van der Waals surface area contributed by atoms with Gasteiger partial charge in [0.15, 0.2) is 0 Å². The predicted molar refractivity (Wildman–Crippen MR) is 59.8 cm³/mol. The minimum atomic E-state index is -0.390. The minimum Gasteiger partial charge on any atom is -0.207 e. The molecule has 0 nitrogen and oxygen atoms in total. The third kappa shape index (κ3) is 2.25. The van der Waals surface area contributed by atoms with Crippen LogP contribution >= 0.6 is 0 Å². The van der Waals surface area contributed by atoms with Crippen LogP contribution in [-0.4, -0.2) is 0 Å². The molecule has 0 aliphatic heterocycles. The van der Waals surface area contributed by atoms with Gasteiger partial charge in [-0.3, -0.25) is 0 Å². The van der Waals surface area contributed by atoms with Gasteiger partial charge < -0.3 is 0 Å². The number of halogens is 2. The molecule has 0 saturated heterocycles. The number of allylic oxidation sites excluding steroid dienone is 1. The first-order valence-corrected chi connectivity index (χ1v) is 5.12. The highest BCUT2D eigenvalue weighted by Crippen LogP contribution is 2.31. The number of hydrogen-bond acceptors (Lipinski definition) is 0. The molecule has 0 aliphatic rings. The molecular formula is C13H16F2.